The number of rotatable bonds is 6. The van der Waals surface area contributed by atoms with Gasteiger partial charge in [-0.15, -0.1) is 6.58 Å². The van der Waals surface area contributed by atoms with E-state index in [0.29, 0.717) is 23.0 Å². The Hall–Kier alpha value is -2.28. The van der Waals surface area contributed by atoms with Crippen molar-refractivity contribution in [3.8, 4) is 0 Å². The van der Waals surface area contributed by atoms with Gasteiger partial charge in [0.2, 0.25) is 5.91 Å². The van der Waals surface area contributed by atoms with Crippen molar-refractivity contribution in [2.24, 2.45) is 5.92 Å². The zero-order chi connectivity index (χ0) is 16.1. The molecule has 1 fully saturated rings. The minimum Gasteiger partial charge on any atom is -0.340 e. The molecule has 2 aromatic rings. The van der Waals surface area contributed by atoms with Gasteiger partial charge in [-0.2, -0.15) is 0 Å². The molecular formula is C16H22N6O. The van der Waals surface area contributed by atoms with Crippen LogP contribution in [0.15, 0.2) is 25.3 Å². The zero-order valence-electron chi connectivity index (χ0n) is 13.1. The lowest BCUT2D eigenvalue weighted by molar-refractivity contribution is -0.120. The molecule has 3 N–H and O–H groups in total. The van der Waals surface area contributed by atoms with Crippen molar-refractivity contribution in [2.45, 2.75) is 38.1 Å². The molecule has 1 saturated carbocycles. The fourth-order valence-electron chi connectivity index (χ4n) is 3.03. The normalized spacial score (nSPS) is 21.2. The summed E-state index contributed by atoms with van der Waals surface area (Å²) >= 11 is 0. The maximum absolute atomic E-state index is 12.5. The van der Waals surface area contributed by atoms with Crippen molar-refractivity contribution in [1.29, 1.82) is 0 Å². The third-order valence-electron chi connectivity index (χ3n) is 4.34. The van der Waals surface area contributed by atoms with Crippen LogP contribution in [-0.2, 0) is 4.79 Å². The number of carbonyl (C=O) groups excluding carboxylic acids is 1. The van der Waals surface area contributed by atoms with E-state index in [9.17, 15) is 4.79 Å². The van der Waals surface area contributed by atoms with Crippen molar-refractivity contribution in [2.75, 3.05) is 11.9 Å². The lowest BCUT2D eigenvalue weighted by Gasteiger charge is -2.28. The Labute approximate surface area is 135 Å². The first-order valence-electron chi connectivity index (χ1n) is 8.07. The number of carbonyl (C=O) groups is 1. The molecule has 23 heavy (non-hydrogen) atoms. The van der Waals surface area contributed by atoms with Gasteiger partial charge < -0.3 is 15.6 Å². The summed E-state index contributed by atoms with van der Waals surface area (Å²) in [6.07, 6.45) is 9.72. The van der Waals surface area contributed by atoms with Crippen LogP contribution in [-0.4, -0.2) is 38.4 Å². The Morgan fingerprint density at radius 1 is 1.30 bits per heavy atom. The number of imidazole rings is 1. The van der Waals surface area contributed by atoms with Crippen LogP contribution in [0.3, 0.4) is 0 Å². The van der Waals surface area contributed by atoms with E-state index in [1.54, 1.807) is 6.33 Å². The number of nitrogens with zero attached hydrogens (tertiary/aromatic N) is 3. The molecule has 7 nitrogen and oxygen atoms in total. The minimum atomic E-state index is 0.0316. The van der Waals surface area contributed by atoms with E-state index in [1.165, 1.54) is 6.33 Å². The van der Waals surface area contributed by atoms with Gasteiger partial charge in [0.15, 0.2) is 11.5 Å². The quantitative estimate of drug-likeness (QED) is 0.560. The average Bonchev–Trinajstić information content (AvgIpc) is 3.05. The highest BCUT2D eigenvalue weighted by atomic mass is 16.1. The largest absolute Gasteiger partial charge is 0.340 e. The third kappa shape index (κ3) is 3.73. The van der Waals surface area contributed by atoms with E-state index in [4.69, 9.17) is 0 Å². The van der Waals surface area contributed by atoms with Gasteiger partial charge in [-0.25, -0.2) is 15.0 Å². The summed E-state index contributed by atoms with van der Waals surface area (Å²) in [6.45, 7) is 4.69. The fraction of sp³-hybridized carbons (Fsp3) is 0.500. The number of aromatic nitrogens is 4. The van der Waals surface area contributed by atoms with Crippen LogP contribution in [0, 0.1) is 5.92 Å². The molecule has 0 bridgehead atoms. The molecule has 1 amide bonds. The summed E-state index contributed by atoms with van der Waals surface area (Å²) in [5.41, 5.74) is 1.23. The zero-order valence-corrected chi connectivity index (χ0v) is 13.1. The smallest absolute Gasteiger partial charge is 0.228 e. The van der Waals surface area contributed by atoms with Crippen LogP contribution in [0.25, 0.3) is 11.2 Å². The molecule has 2 heterocycles. The number of fused-ring (bicyclic) bond motifs is 1. The number of H-pyrrole nitrogens is 1. The third-order valence-corrected chi connectivity index (χ3v) is 4.34. The van der Waals surface area contributed by atoms with Gasteiger partial charge in [-0.3, -0.25) is 4.79 Å². The van der Waals surface area contributed by atoms with Crippen LogP contribution in [0.1, 0.15) is 32.1 Å². The first-order valence-corrected chi connectivity index (χ1v) is 8.07. The standard InChI is InChI=1S/C16H22N6O/c1-2-3-8-17-12-6-4-11(5-7-12)16(23)22-15-13-14(19-9-18-13)20-10-21-15/h2,9-12,17H,1,3-8H2,(H2,18,19,20,21,22,23). The second-order valence-electron chi connectivity index (χ2n) is 5.89. The average molecular weight is 314 g/mol. The van der Waals surface area contributed by atoms with Crippen LogP contribution in [0.2, 0.25) is 0 Å². The second-order valence-corrected chi connectivity index (χ2v) is 5.89. The molecule has 0 unspecified atom stereocenters. The van der Waals surface area contributed by atoms with Gasteiger partial charge in [-0.05, 0) is 38.6 Å². The predicted molar refractivity (Wildman–Crippen MR) is 88.9 cm³/mol. The molecule has 7 heteroatoms. The van der Waals surface area contributed by atoms with E-state index < -0.39 is 0 Å². The molecule has 122 valence electrons. The first-order chi connectivity index (χ1) is 11.3. The highest BCUT2D eigenvalue weighted by molar-refractivity contribution is 5.97. The summed E-state index contributed by atoms with van der Waals surface area (Å²) in [7, 11) is 0. The molecule has 0 spiro atoms. The highest BCUT2D eigenvalue weighted by Crippen LogP contribution is 2.26. The summed E-state index contributed by atoms with van der Waals surface area (Å²) in [4.78, 5) is 27.7. The van der Waals surface area contributed by atoms with Crippen LogP contribution in [0.4, 0.5) is 5.82 Å². The Balaban J connectivity index is 1.54. The molecular weight excluding hydrogens is 292 g/mol. The van der Waals surface area contributed by atoms with Gasteiger partial charge in [0.1, 0.15) is 11.8 Å². The topological polar surface area (TPSA) is 95.6 Å². The monoisotopic (exact) mass is 314 g/mol. The molecule has 2 aromatic heterocycles. The van der Waals surface area contributed by atoms with Gasteiger partial charge in [0.25, 0.3) is 0 Å². The Kier molecular flexibility index (Phi) is 4.97. The number of amides is 1. The highest BCUT2D eigenvalue weighted by Gasteiger charge is 2.26. The van der Waals surface area contributed by atoms with E-state index in [2.05, 4.69) is 37.1 Å². The molecule has 1 aliphatic carbocycles. The Bertz CT molecular complexity index is 674. The number of hydrogen-bond donors (Lipinski definition) is 3. The summed E-state index contributed by atoms with van der Waals surface area (Å²) in [5, 5.41) is 6.43. The summed E-state index contributed by atoms with van der Waals surface area (Å²) in [5.74, 6) is 0.577. The lowest BCUT2D eigenvalue weighted by atomic mass is 9.85. The van der Waals surface area contributed by atoms with Crippen molar-refractivity contribution < 1.29 is 4.79 Å². The first kappa shape index (κ1) is 15.6. The lowest BCUT2D eigenvalue weighted by Crippen LogP contribution is -2.36. The fourth-order valence-corrected chi connectivity index (χ4v) is 3.03. The van der Waals surface area contributed by atoms with E-state index >= 15 is 0 Å². The van der Waals surface area contributed by atoms with Crippen molar-refractivity contribution >= 4 is 22.9 Å². The predicted octanol–water partition coefficient (Wildman–Crippen LogP) is 2.02. The van der Waals surface area contributed by atoms with Crippen molar-refractivity contribution in [1.82, 2.24) is 25.3 Å². The number of nitrogens with one attached hydrogen (secondary N) is 3. The van der Waals surface area contributed by atoms with Crippen molar-refractivity contribution in [3.63, 3.8) is 0 Å². The van der Waals surface area contributed by atoms with Crippen LogP contribution in [0.5, 0.6) is 0 Å². The molecule has 0 radical (unpaired) electrons. The number of anilines is 1. The Morgan fingerprint density at radius 3 is 2.91 bits per heavy atom. The van der Waals surface area contributed by atoms with Gasteiger partial charge >= 0.3 is 0 Å². The second kappa shape index (κ2) is 7.32. The number of hydrogen-bond acceptors (Lipinski definition) is 5. The molecule has 3 rings (SSSR count). The number of aromatic amines is 1. The molecule has 0 aromatic carbocycles. The molecule has 0 aliphatic heterocycles. The van der Waals surface area contributed by atoms with E-state index in [0.717, 1.165) is 38.6 Å². The Morgan fingerprint density at radius 2 is 2.13 bits per heavy atom. The SMILES string of the molecule is C=CCCNC1CCC(C(=O)Nc2ncnc3nc[nH]c23)CC1. The van der Waals surface area contributed by atoms with E-state index in [-0.39, 0.29) is 11.8 Å². The van der Waals surface area contributed by atoms with Crippen LogP contribution < -0.4 is 10.6 Å². The minimum absolute atomic E-state index is 0.0316. The van der Waals surface area contributed by atoms with Crippen molar-refractivity contribution in [3.05, 3.63) is 25.3 Å². The van der Waals surface area contributed by atoms with Crippen LogP contribution >= 0.6 is 0 Å². The maximum atomic E-state index is 12.5. The molecule has 1 aliphatic rings. The molecule has 0 atom stereocenters. The summed E-state index contributed by atoms with van der Waals surface area (Å²) in [6, 6.07) is 0.511. The van der Waals surface area contributed by atoms with Gasteiger partial charge in [0.05, 0.1) is 6.33 Å². The van der Waals surface area contributed by atoms with E-state index in [1.807, 2.05) is 6.08 Å². The molecule has 0 saturated heterocycles. The summed E-state index contributed by atoms with van der Waals surface area (Å²) < 4.78 is 0. The van der Waals surface area contributed by atoms with Gasteiger partial charge in [0, 0.05) is 12.0 Å². The van der Waals surface area contributed by atoms with Gasteiger partial charge in [-0.1, -0.05) is 6.08 Å². The maximum Gasteiger partial charge on any atom is 0.228 e.